The second kappa shape index (κ2) is 11.9. The molecule has 0 aromatic carbocycles. The average Bonchev–Trinajstić information content (AvgIpc) is 3.31. The molecule has 0 saturated heterocycles. The van der Waals surface area contributed by atoms with Crippen LogP contribution < -0.4 is 5.56 Å². The molecule has 232 valence electrons. The molecule has 0 aliphatic heterocycles. The molecule has 1 fully saturated rings. The fraction of sp³-hybridized carbons (Fsp3) is 0.360. The van der Waals surface area contributed by atoms with Crippen LogP contribution in [-0.4, -0.2) is 52.0 Å². The molecule has 44 heavy (non-hydrogen) atoms. The number of nitriles is 1. The summed E-state index contributed by atoms with van der Waals surface area (Å²) in [5.74, 6) is -3.02. The molecular weight excluding hydrogens is 612 g/mol. The fourth-order valence-electron chi connectivity index (χ4n) is 4.37. The maximum Gasteiger partial charge on any atom is 0.490 e. The summed E-state index contributed by atoms with van der Waals surface area (Å²) in [6, 6.07) is 4.34. The molecular formula is C25H18F8N8O3. The number of nitrogens with one attached hydrogen (secondary N) is 1. The number of carboxylic acids is 1. The summed E-state index contributed by atoms with van der Waals surface area (Å²) in [7, 11) is 0. The van der Waals surface area contributed by atoms with Crippen molar-refractivity contribution in [3.63, 3.8) is 0 Å². The van der Waals surface area contributed by atoms with Crippen LogP contribution in [0.5, 0.6) is 0 Å². The van der Waals surface area contributed by atoms with E-state index in [1.807, 2.05) is 6.07 Å². The van der Waals surface area contributed by atoms with Crippen molar-refractivity contribution < 1.29 is 45.0 Å². The third kappa shape index (κ3) is 6.48. The SMILES string of the molecule is CC(c1ccc(C(F)(F)F)nc1)n1nc(C#N)c2c(=O)[nH]c([C@H]3CC[C@@H]3c3nccc(C(F)F)n3)nc21.O=C(O)C(F)(F)F. The Balaban J connectivity index is 0.000000566. The highest BCUT2D eigenvalue weighted by Crippen LogP contribution is 2.47. The van der Waals surface area contributed by atoms with Gasteiger partial charge in [0.1, 0.15) is 34.5 Å². The zero-order chi connectivity index (χ0) is 32.6. The van der Waals surface area contributed by atoms with Gasteiger partial charge in [-0.1, -0.05) is 6.07 Å². The molecule has 5 rings (SSSR count). The number of H-pyrrole nitrogens is 1. The monoisotopic (exact) mass is 630 g/mol. The van der Waals surface area contributed by atoms with E-state index in [4.69, 9.17) is 9.90 Å². The van der Waals surface area contributed by atoms with Gasteiger partial charge in [-0.05, 0) is 37.5 Å². The van der Waals surface area contributed by atoms with Crippen molar-refractivity contribution >= 4 is 17.0 Å². The van der Waals surface area contributed by atoms with Crippen molar-refractivity contribution in [1.29, 1.82) is 5.26 Å². The molecule has 4 heterocycles. The van der Waals surface area contributed by atoms with Crippen molar-refractivity contribution in [3.8, 4) is 6.07 Å². The Kier molecular flexibility index (Phi) is 8.65. The zero-order valence-corrected chi connectivity index (χ0v) is 22.0. The van der Waals surface area contributed by atoms with E-state index in [1.54, 1.807) is 6.92 Å². The van der Waals surface area contributed by atoms with Crippen LogP contribution in [0.15, 0.2) is 35.4 Å². The highest BCUT2D eigenvalue weighted by molar-refractivity contribution is 5.80. The minimum absolute atomic E-state index is 0.0650. The first-order chi connectivity index (χ1) is 20.5. The van der Waals surface area contributed by atoms with Crippen molar-refractivity contribution in [2.75, 3.05) is 0 Å². The lowest BCUT2D eigenvalue weighted by atomic mass is 9.72. The number of alkyl halides is 8. The number of rotatable bonds is 5. The van der Waals surface area contributed by atoms with Gasteiger partial charge in [0.2, 0.25) is 0 Å². The van der Waals surface area contributed by atoms with Gasteiger partial charge in [0, 0.05) is 24.2 Å². The zero-order valence-electron chi connectivity index (χ0n) is 22.0. The van der Waals surface area contributed by atoms with Gasteiger partial charge in [-0.3, -0.25) is 9.78 Å². The number of hydrogen-bond donors (Lipinski definition) is 2. The molecule has 2 N–H and O–H groups in total. The molecule has 3 atom stereocenters. The summed E-state index contributed by atoms with van der Waals surface area (Å²) in [4.78, 5) is 40.6. The third-order valence-electron chi connectivity index (χ3n) is 6.73. The first kappa shape index (κ1) is 31.9. The van der Waals surface area contributed by atoms with Crippen LogP contribution in [-0.2, 0) is 11.0 Å². The number of pyridine rings is 1. The van der Waals surface area contributed by atoms with Crippen LogP contribution in [0.1, 0.15) is 78.4 Å². The minimum Gasteiger partial charge on any atom is -0.475 e. The Morgan fingerprint density at radius 1 is 1.09 bits per heavy atom. The lowest BCUT2D eigenvalue weighted by molar-refractivity contribution is -0.192. The molecule has 0 amide bonds. The second-order valence-corrected chi connectivity index (χ2v) is 9.44. The van der Waals surface area contributed by atoms with Crippen molar-refractivity contribution in [3.05, 3.63) is 75.2 Å². The van der Waals surface area contributed by atoms with E-state index in [1.165, 1.54) is 16.9 Å². The van der Waals surface area contributed by atoms with Gasteiger partial charge in [-0.25, -0.2) is 33.2 Å². The largest absolute Gasteiger partial charge is 0.490 e. The molecule has 4 aromatic heterocycles. The predicted octanol–water partition coefficient (Wildman–Crippen LogP) is 5.04. The summed E-state index contributed by atoms with van der Waals surface area (Å²) in [5, 5.41) is 20.8. The third-order valence-corrected chi connectivity index (χ3v) is 6.73. The van der Waals surface area contributed by atoms with E-state index in [0.717, 1.165) is 18.3 Å². The van der Waals surface area contributed by atoms with Crippen LogP contribution in [0.25, 0.3) is 11.0 Å². The minimum atomic E-state index is -5.08. The molecule has 0 spiro atoms. The number of aromatic amines is 1. The number of fused-ring (bicyclic) bond motifs is 1. The van der Waals surface area contributed by atoms with Gasteiger partial charge >= 0.3 is 18.3 Å². The van der Waals surface area contributed by atoms with E-state index in [-0.39, 0.29) is 40.2 Å². The summed E-state index contributed by atoms with van der Waals surface area (Å²) >= 11 is 0. The topological polar surface area (TPSA) is 163 Å². The molecule has 19 heteroatoms. The highest BCUT2D eigenvalue weighted by atomic mass is 19.4. The lowest BCUT2D eigenvalue weighted by Gasteiger charge is -2.34. The molecule has 0 radical (unpaired) electrons. The summed E-state index contributed by atoms with van der Waals surface area (Å²) in [6.45, 7) is 1.62. The molecule has 11 nitrogen and oxygen atoms in total. The molecule has 1 aliphatic carbocycles. The van der Waals surface area contributed by atoms with Gasteiger partial charge in [-0.15, -0.1) is 0 Å². The van der Waals surface area contributed by atoms with Crippen LogP contribution in [0.2, 0.25) is 0 Å². The average molecular weight is 630 g/mol. The lowest BCUT2D eigenvalue weighted by Crippen LogP contribution is -2.28. The molecule has 1 unspecified atom stereocenters. The first-order valence-corrected chi connectivity index (χ1v) is 12.4. The van der Waals surface area contributed by atoms with E-state index in [0.29, 0.717) is 18.4 Å². The maximum atomic E-state index is 13.1. The predicted molar refractivity (Wildman–Crippen MR) is 131 cm³/mol. The fourth-order valence-corrected chi connectivity index (χ4v) is 4.37. The Morgan fingerprint density at radius 2 is 1.75 bits per heavy atom. The van der Waals surface area contributed by atoms with Gasteiger partial charge in [0.05, 0.1) is 6.04 Å². The van der Waals surface area contributed by atoms with Gasteiger partial charge in [-0.2, -0.15) is 36.7 Å². The van der Waals surface area contributed by atoms with Crippen LogP contribution in [0.4, 0.5) is 35.1 Å². The summed E-state index contributed by atoms with van der Waals surface area (Å²) in [6.07, 6.45) is -8.96. The van der Waals surface area contributed by atoms with Gasteiger partial charge in [0.15, 0.2) is 11.3 Å². The van der Waals surface area contributed by atoms with E-state index in [2.05, 4.69) is 30.0 Å². The Morgan fingerprint density at radius 3 is 2.25 bits per heavy atom. The highest BCUT2D eigenvalue weighted by Gasteiger charge is 2.39. The molecule has 4 aromatic rings. The smallest absolute Gasteiger partial charge is 0.475 e. The number of nitrogens with zero attached hydrogens (tertiary/aromatic N) is 7. The molecule has 0 bridgehead atoms. The Hall–Kier alpha value is -5.02. The molecule has 1 saturated carbocycles. The van der Waals surface area contributed by atoms with Crippen molar-refractivity contribution in [2.45, 2.75) is 56.4 Å². The summed E-state index contributed by atoms with van der Waals surface area (Å²) < 4.78 is 98.0. The number of carbonyl (C=O) groups is 1. The van der Waals surface area contributed by atoms with Crippen molar-refractivity contribution in [1.82, 2.24) is 34.7 Å². The number of halogens is 8. The normalized spacial score (nSPS) is 17.4. The van der Waals surface area contributed by atoms with Crippen molar-refractivity contribution in [2.24, 2.45) is 0 Å². The van der Waals surface area contributed by atoms with E-state index in [9.17, 15) is 45.2 Å². The van der Waals surface area contributed by atoms with Gasteiger partial charge in [0.25, 0.3) is 12.0 Å². The molecule has 1 aliphatic rings. The maximum absolute atomic E-state index is 13.1. The van der Waals surface area contributed by atoms with Crippen LogP contribution in [0.3, 0.4) is 0 Å². The van der Waals surface area contributed by atoms with Crippen LogP contribution in [0, 0.1) is 11.3 Å². The second-order valence-electron chi connectivity index (χ2n) is 9.44. The number of carboxylic acid groups (broad SMARTS) is 1. The van der Waals surface area contributed by atoms with Crippen LogP contribution >= 0.6 is 0 Å². The van der Waals surface area contributed by atoms with Gasteiger partial charge < -0.3 is 10.1 Å². The first-order valence-electron chi connectivity index (χ1n) is 12.4. The Labute approximate surface area is 240 Å². The number of aromatic nitrogens is 7. The quantitative estimate of drug-likeness (QED) is 0.288. The standard InChI is InChI=1S/C23H17F5N8O.C2HF3O2/c1-10(11-2-5-16(31-9-11)23(26,27)28)36-21-17(15(8-29)35-36)22(37)34-20(33-21)13-4-3-12(13)19-30-7-6-14(32-19)18(24)25;3-2(4,5)1(6)7/h2,5-7,9-10,12-13,18H,3-4H2,1H3,(H,33,34,37);(H,6,7)/t10?,12-,13-;/m0./s1. The summed E-state index contributed by atoms with van der Waals surface area (Å²) in [5.41, 5.74) is -1.85. The number of hydrogen-bond acceptors (Lipinski definition) is 8. The Bertz CT molecular complexity index is 1780. The van der Waals surface area contributed by atoms with E-state index >= 15 is 0 Å². The number of aliphatic carboxylic acids is 1. The van der Waals surface area contributed by atoms with E-state index < -0.39 is 47.7 Å².